The van der Waals surface area contributed by atoms with Gasteiger partial charge in [-0.15, -0.1) is 0 Å². The number of halogens is 1. The molecular formula is C13H18ClN. The molecule has 0 fully saturated rings. The van der Waals surface area contributed by atoms with E-state index >= 15 is 0 Å². The third kappa shape index (κ3) is 2.17. The second kappa shape index (κ2) is 4.13. The first-order valence-electron chi connectivity index (χ1n) is 5.73. The van der Waals surface area contributed by atoms with Crippen molar-refractivity contribution in [2.24, 2.45) is 11.8 Å². The molecular weight excluding hydrogens is 206 g/mol. The van der Waals surface area contributed by atoms with E-state index in [9.17, 15) is 0 Å². The topological polar surface area (TPSA) is 12.9 Å². The van der Waals surface area contributed by atoms with E-state index in [2.05, 4.69) is 24.9 Å². The highest BCUT2D eigenvalue weighted by molar-refractivity contribution is 6.30. The van der Waals surface area contributed by atoms with Gasteiger partial charge in [-0.2, -0.15) is 0 Å². The molecule has 15 heavy (non-hydrogen) atoms. The molecule has 0 bridgehead atoms. The minimum atomic E-state index is 0.678. The second-order valence-corrected chi connectivity index (χ2v) is 5.31. The molecule has 0 aliphatic heterocycles. The van der Waals surface area contributed by atoms with Gasteiger partial charge in [0.05, 0.1) is 0 Å². The zero-order chi connectivity index (χ0) is 11.0. The molecule has 0 aromatic carbocycles. The molecule has 2 heteroatoms. The van der Waals surface area contributed by atoms with Crippen molar-refractivity contribution >= 4 is 11.6 Å². The van der Waals surface area contributed by atoms with E-state index in [-0.39, 0.29) is 0 Å². The van der Waals surface area contributed by atoms with Crippen LogP contribution in [-0.4, -0.2) is 4.98 Å². The van der Waals surface area contributed by atoms with E-state index < -0.39 is 0 Å². The number of rotatable bonds is 1. The van der Waals surface area contributed by atoms with Crippen LogP contribution in [0.15, 0.2) is 6.07 Å². The lowest BCUT2D eigenvalue weighted by atomic mass is 9.80. The van der Waals surface area contributed by atoms with E-state index in [0.717, 1.165) is 23.8 Å². The van der Waals surface area contributed by atoms with E-state index in [0.29, 0.717) is 5.15 Å². The molecule has 1 atom stereocenters. The zero-order valence-electron chi connectivity index (χ0n) is 9.68. The number of aryl methyl sites for hydroxylation is 2. The van der Waals surface area contributed by atoms with Gasteiger partial charge in [-0.3, -0.25) is 0 Å². The van der Waals surface area contributed by atoms with Crippen molar-refractivity contribution in [2.45, 2.75) is 40.0 Å². The Labute approximate surface area is 96.9 Å². The predicted molar refractivity (Wildman–Crippen MR) is 64.3 cm³/mol. The maximum absolute atomic E-state index is 6.03. The van der Waals surface area contributed by atoms with Crippen LogP contribution in [0, 0.1) is 18.8 Å². The van der Waals surface area contributed by atoms with Crippen molar-refractivity contribution in [3.05, 3.63) is 28.0 Å². The number of pyridine rings is 1. The Morgan fingerprint density at radius 1 is 1.47 bits per heavy atom. The Balaban J connectivity index is 2.30. The predicted octanol–water partition coefficient (Wildman–Crippen LogP) is 3.80. The first-order chi connectivity index (χ1) is 7.08. The lowest BCUT2D eigenvalue weighted by molar-refractivity contribution is 0.340. The Hall–Kier alpha value is -0.560. The molecule has 0 saturated heterocycles. The summed E-state index contributed by atoms with van der Waals surface area (Å²) < 4.78 is 0. The zero-order valence-corrected chi connectivity index (χ0v) is 10.4. The highest BCUT2D eigenvalue weighted by Gasteiger charge is 2.22. The summed E-state index contributed by atoms with van der Waals surface area (Å²) in [5.41, 5.74) is 3.75. The summed E-state index contributed by atoms with van der Waals surface area (Å²) in [5.74, 6) is 1.59. The molecule has 0 spiro atoms. The summed E-state index contributed by atoms with van der Waals surface area (Å²) in [5, 5.41) is 0.678. The summed E-state index contributed by atoms with van der Waals surface area (Å²) >= 11 is 6.03. The molecule has 1 aliphatic carbocycles. The van der Waals surface area contributed by atoms with Crippen LogP contribution in [0.1, 0.15) is 37.1 Å². The molecule has 0 saturated carbocycles. The number of hydrogen-bond donors (Lipinski definition) is 0. The van der Waals surface area contributed by atoms with Crippen LogP contribution in [-0.2, 0) is 12.8 Å². The lowest BCUT2D eigenvalue weighted by Gasteiger charge is -2.27. The first kappa shape index (κ1) is 10.9. The number of aromatic nitrogens is 1. The standard InChI is InChI=1S/C13H18ClN/c1-8(2)10-4-5-12-11(7-10)6-9(3)13(14)15-12/h6,8,10H,4-5,7H2,1-3H3. The van der Waals surface area contributed by atoms with Crippen LogP contribution in [0.3, 0.4) is 0 Å². The SMILES string of the molecule is Cc1cc2c(nc1Cl)CCC(C(C)C)C2. The van der Waals surface area contributed by atoms with Gasteiger partial charge in [0.25, 0.3) is 0 Å². The van der Waals surface area contributed by atoms with Gasteiger partial charge in [0.15, 0.2) is 0 Å². The van der Waals surface area contributed by atoms with Crippen LogP contribution in [0.5, 0.6) is 0 Å². The highest BCUT2D eigenvalue weighted by atomic mass is 35.5. The van der Waals surface area contributed by atoms with Crippen molar-refractivity contribution < 1.29 is 0 Å². The third-order valence-corrected chi connectivity index (χ3v) is 3.88. The molecule has 1 aliphatic rings. The molecule has 82 valence electrons. The summed E-state index contributed by atoms with van der Waals surface area (Å²) in [6.45, 7) is 6.66. The summed E-state index contributed by atoms with van der Waals surface area (Å²) in [7, 11) is 0. The summed E-state index contributed by atoms with van der Waals surface area (Å²) in [6.07, 6.45) is 3.53. The normalized spacial score (nSPS) is 20.5. The first-order valence-corrected chi connectivity index (χ1v) is 6.10. The number of hydrogen-bond acceptors (Lipinski definition) is 1. The van der Waals surface area contributed by atoms with Gasteiger partial charge in [0.2, 0.25) is 0 Å². The van der Waals surface area contributed by atoms with Crippen LogP contribution >= 0.6 is 11.6 Å². The molecule has 0 N–H and O–H groups in total. The maximum atomic E-state index is 6.03. The van der Waals surface area contributed by atoms with Crippen LogP contribution in [0.4, 0.5) is 0 Å². The van der Waals surface area contributed by atoms with E-state index in [1.54, 1.807) is 0 Å². The average molecular weight is 224 g/mol. The van der Waals surface area contributed by atoms with Crippen LogP contribution in [0.25, 0.3) is 0 Å². The summed E-state index contributed by atoms with van der Waals surface area (Å²) in [6, 6.07) is 2.22. The molecule has 0 radical (unpaired) electrons. The fourth-order valence-corrected chi connectivity index (χ4v) is 2.51. The van der Waals surface area contributed by atoms with Gasteiger partial charge >= 0.3 is 0 Å². The van der Waals surface area contributed by atoms with Crippen molar-refractivity contribution in [3.8, 4) is 0 Å². The molecule has 1 aromatic heterocycles. The van der Waals surface area contributed by atoms with E-state index in [4.69, 9.17) is 11.6 Å². The average Bonchev–Trinajstić information content (AvgIpc) is 2.19. The lowest BCUT2D eigenvalue weighted by Crippen LogP contribution is -2.20. The van der Waals surface area contributed by atoms with E-state index in [1.165, 1.54) is 24.1 Å². The molecule has 0 amide bonds. The fourth-order valence-electron chi connectivity index (χ4n) is 2.35. The highest BCUT2D eigenvalue weighted by Crippen LogP contribution is 2.31. The van der Waals surface area contributed by atoms with Gasteiger partial charge in [-0.05, 0) is 49.1 Å². The quantitative estimate of drug-likeness (QED) is 0.660. The molecule has 1 unspecified atom stereocenters. The van der Waals surface area contributed by atoms with Gasteiger partial charge in [-0.25, -0.2) is 4.98 Å². The Morgan fingerprint density at radius 3 is 2.87 bits per heavy atom. The van der Waals surface area contributed by atoms with Crippen LogP contribution in [0.2, 0.25) is 5.15 Å². The van der Waals surface area contributed by atoms with Gasteiger partial charge in [-0.1, -0.05) is 31.5 Å². The minimum Gasteiger partial charge on any atom is -0.241 e. The monoisotopic (exact) mass is 223 g/mol. The Kier molecular flexibility index (Phi) is 3.01. The maximum Gasteiger partial charge on any atom is 0.132 e. The largest absolute Gasteiger partial charge is 0.241 e. The molecule has 2 rings (SSSR count). The number of fused-ring (bicyclic) bond motifs is 1. The van der Waals surface area contributed by atoms with Crippen molar-refractivity contribution in [1.29, 1.82) is 0 Å². The minimum absolute atomic E-state index is 0.678. The fraction of sp³-hybridized carbons (Fsp3) is 0.615. The van der Waals surface area contributed by atoms with Gasteiger partial charge in [0, 0.05) is 5.69 Å². The molecule has 1 heterocycles. The second-order valence-electron chi connectivity index (χ2n) is 4.95. The summed E-state index contributed by atoms with van der Waals surface area (Å²) in [4.78, 5) is 4.47. The van der Waals surface area contributed by atoms with E-state index in [1.807, 2.05) is 6.92 Å². The Morgan fingerprint density at radius 2 is 2.20 bits per heavy atom. The van der Waals surface area contributed by atoms with Crippen molar-refractivity contribution in [1.82, 2.24) is 4.98 Å². The molecule has 1 aromatic rings. The number of nitrogens with zero attached hydrogens (tertiary/aromatic N) is 1. The van der Waals surface area contributed by atoms with Gasteiger partial charge in [0.1, 0.15) is 5.15 Å². The van der Waals surface area contributed by atoms with Crippen molar-refractivity contribution in [2.75, 3.05) is 0 Å². The van der Waals surface area contributed by atoms with Gasteiger partial charge < -0.3 is 0 Å². The molecule has 1 nitrogen and oxygen atoms in total. The van der Waals surface area contributed by atoms with Crippen LogP contribution < -0.4 is 0 Å². The Bertz CT molecular complexity index is 371. The van der Waals surface area contributed by atoms with Crippen molar-refractivity contribution in [3.63, 3.8) is 0 Å². The smallest absolute Gasteiger partial charge is 0.132 e. The third-order valence-electron chi connectivity index (χ3n) is 3.50.